The molecule has 3 unspecified atom stereocenters. The van der Waals surface area contributed by atoms with Gasteiger partial charge in [0.15, 0.2) is 12.0 Å². The van der Waals surface area contributed by atoms with Gasteiger partial charge in [0.05, 0.1) is 6.07 Å². The van der Waals surface area contributed by atoms with Crippen LogP contribution in [0.2, 0.25) is 0 Å². The van der Waals surface area contributed by atoms with Crippen LogP contribution in [0.5, 0.6) is 0 Å². The van der Waals surface area contributed by atoms with Crippen molar-refractivity contribution >= 4 is 5.78 Å². The van der Waals surface area contributed by atoms with Gasteiger partial charge in [-0.2, -0.15) is 5.26 Å². The fraction of sp³-hybridized carbons (Fsp3) is 0.714. The standard InChI is InChI=1S/C7H7F2NO/c8-5-1-4(3-10)7(11)6(9)2-5/h4-6H,1-2H2. The molecule has 0 aliphatic heterocycles. The van der Waals surface area contributed by atoms with E-state index in [-0.39, 0.29) is 12.8 Å². The molecule has 0 aromatic carbocycles. The Labute approximate surface area is 62.8 Å². The first kappa shape index (κ1) is 8.12. The molecule has 1 rings (SSSR count). The third-order valence-electron chi connectivity index (χ3n) is 1.76. The van der Waals surface area contributed by atoms with Crippen LogP contribution in [0.25, 0.3) is 0 Å². The van der Waals surface area contributed by atoms with Crippen LogP contribution >= 0.6 is 0 Å². The number of nitriles is 1. The number of rotatable bonds is 0. The van der Waals surface area contributed by atoms with Crippen LogP contribution < -0.4 is 0 Å². The normalized spacial score (nSPS) is 38.3. The van der Waals surface area contributed by atoms with Gasteiger partial charge in [-0.1, -0.05) is 0 Å². The van der Waals surface area contributed by atoms with Gasteiger partial charge >= 0.3 is 0 Å². The lowest BCUT2D eigenvalue weighted by Crippen LogP contribution is -2.34. The van der Waals surface area contributed by atoms with E-state index < -0.39 is 24.0 Å². The fourth-order valence-corrected chi connectivity index (χ4v) is 1.14. The maximum atomic E-state index is 12.5. The lowest BCUT2D eigenvalue weighted by molar-refractivity contribution is -0.129. The molecule has 0 spiro atoms. The SMILES string of the molecule is N#CC1CC(F)CC(F)C1=O. The van der Waals surface area contributed by atoms with E-state index in [9.17, 15) is 13.6 Å². The predicted octanol–water partition coefficient (Wildman–Crippen LogP) is 1.17. The van der Waals surface area contributed by atoms with E-state index >= 15 is 0 Å². The molecule has 0 bridgehead atoms. The van der Waals surface area contributed by atoms with E-state index in [0.717, 1.165) is 0 Å². The Bertz CT molecular complexity index is 211. The quantitative estimate of drug-likeness (QED) is 0.532. The van der Waals surface area contributed by atoms with Crippen LogP contribution in [0.1, 0.15) is 12.8 Å². The fourth-order valence-electron chi connectivity index (χ4n) is 1.14. The zero-order chi connectivity index (χ0) is 8.43. The van der Waals surface area contributed by atoms with Crippen molar-refractivity contribution in [2.75, 3.05) is 0 Å². The van der Waals surface area contributed by atoms with Crippen molar-refractivity contribution in [1.29, 1.82) is 5.26 Å². The summed E-state index contributed by atoms with van der Waals surface area (Å²) in [4.78, 5) is 10.7. The molecule has 0 N–H and O–H groups in total. The van der Waals surface area contributed by atoms with Gasteiger partial charge in [-0.25, -0.2) is 8.78 Å². The molecule has 11 heavy (non-hydrogen) atoms. The van der Waals surface area contributed by atoms with Crippen molar-refractivity contribution in [2.24, 2.45) is 5.92 Å². The lowest BCUT2D eigenvalue weighted by Gasteiger charge is -2.20. The van der Waals surface area contributed by atoms with Crippen molar-refractivity contribution in [3.8, 4) is 6.07 Å². The monoisotopic (exact) mass is 159 g/mol. The maximum absolute atomic E-state index is 12.5. The molecule has 1 saturated carbocycles. The minimum Gasteiger partial charge on any atom is -0.295 e. The number of ketones is 1. The van der Waals surface area contributed by atoms with E-state index in [4.69, 9.17) is 5.26 Å². The summed E-state index contributed by atoms with van der Waals surface area (Å²) in [5, 5.41) is 8.29. The van der Waals surface area contributed by atoms with Gasteiger partial charge in [-0.05, 0) is 0 Å². The molecule has 0 aromatic heterocycles. The average molecular weight is 159 g/mol. The molecule has 0 heterocycles. The van der Waals surface area contributed by atoms with Gasteiger partial charge < -0.3 is 0 Å². The summed E-state index contributed by atoms with van der Waals surface area (Å²) in [5.74, 6) is -1.84. The number of carbonyl (C=O) groups excluding carboxylic acids is 1. The zero-order valence-electron chi connectivity index (χ0n) is 5.76. The van der Waals surface area contributed by atoms with Gasteiger partial charge in [-0.15, -0.1) is 0 Å². The summed E-state index contributed by atoms with van der Waals surface area (Å²) < 4.78 is 25.0. The zero-order valence-corrected chi connectivity index (χ0v) is 5.76. The Morgan fingerprint density at radius 1 is 1.45 bits per heavy atom. The van der Waals surface area contributed by atoms with E-state index in [2.05, 4.69) is 0 Å². The maximum Gasteiger partial charge on any atom is 0.184 e. The molecule has 0 saturated heterocycles. The first-order valence-corrected chi connectivity index (χ1v) is 3.36. The molecular formula is C7H7F2NO. The minimum atomic E-state index is -1.77. The average Bonchev–Trinajstić information content (AvgIpc) is 1.96. The largest absolute Gasteiger partial charge is 0.295 e. The molecule has 3 atom stereocenters. The lowest BCUT2D eigenvalue weighted by atomic mass is 9.86. The Balaban J connectivity index is 2.68. The molecule has 0 aromatic rings. The highest BCUT2D eigenvalue weighted by atomic mass is 19.1. The Morgan fingerprint density at radius 2 is 2.09 bits per heavy atom. The van der Waals surface area contributed by atoms with Gasteiger partial charge in [0.2, 0.25) is 0 Å². The highest BCUT2D eigenvalue weighted by Gasteiger charge is 2.36. The third-order valence-corrected chi connectivity index (χ3v) is 1.76. The van der Waals surface area contributed by atoms with Crippen molar-refractivity contribution < 1.29 is 13.6 Å². The first-order valence-electron chi connectivity index (χ1n) is 3.36. The smallest absolute Gasteiger partial charge is 0.184 e. The second-order valence-electron chi connectivity index (χ2n) is 2.62. The van der Waals surface area contributed by atoms with Gasteiger partial charge in [-0.3, -0.25) is 4.79 Å². The molecular weight excluding hydrogens is 152 g/mol. The Hall–Kier alpha value is -0.980. The van der Waals surface area contributed by atoms with E-state index in [1.165, 1.54) is 0 Å². The number of hydrogen-bond donors (Lipinski definition) is 0. The van der Waals surface area contributed by atoms with Gasteiger partial charge in [0.1, 0.15) is 12.1 Å². The highest BCUT2D eigenvalue weighted by molar-refractivity contribution is 5.88. The summed E-state index contributed by atoms with van der Waals surface area (Å²) in [5.41, 5.74) is 0. The van der Waals surface area contributed by atoms with Gasteiger partial charge in [0, 0.05) is 12.8 Å². The summed E-state index contributed by atoms with van der Waals surface area (Å²) in [6, 6.07) is 1.58. The van der Waals surface area contributed by atoms with E-state index in [1.807, 2.05) is 0 Å². The predicted molar refractivity (Wildman–Crippen MR) is 33.1 cm³/mol. The number of alkyl halides is 2. The summed E-state index contributed by atoms with van der Waals surface area (Å²) in [6.07, 6.45) is -3.64. The van der Waals surface area contributed by atoms with Crippen LogP contribution in [0.3, 0.4) is 0 Å². The van der Waals surface area contributed by atoms with Crippen molar-refractivity contribution in [1.82, 2.24) is 0 Å². The topological polar surface area (TPSA) is 40.9 Å². The second kappa shape index (κ2) is 2.95. The third kappa shape index (κ3) is 1.53. The van der Waals surface area contributed by atoms with E-state index in [0.29, 0.717) is 0 Å². The Morgan fingerprint density at radius 3 is 2.64 bits per heavy atom. The first-order chi connectivity index (χ1) is 5.15. The molecule has 1 aliphatic carbocycles. The van der Waals surface area contributed by atoms with Crippen LogP contribution in [-0.2, 0) is 4.79 Å². The number of hydrogen-bond acceptors (Lipinski definition) is 2. The van der Waals surface area contributed by atoms with Crippen LogP contribution in [0, 0.1) is 17.2 Å². The minimum absolute atomic E-state index is 0.143. The molecule has 60 valence electrons. The van der Waals surface area contributed by atoms with Crippen LogP contribution in [0.15, 0.2) is 0 Å². The van der Waals surface area contributed by atoms with Crippen LogP contribution in [0.4, 0.5) is 8.78 Å². The molecule has 0 amide bonds. The Kier molecular flexibility index (Phi) is 2.18. The number of carbonyl (C=O) groups is 1. The molecule has 1 aliphatic rings. The van der Waals surface area contributed by atoms with Crippen molar-refractivity contribution in [2.45, 2.75) is 25.2 Å². The van der Waals surface area contributed by atoms with Crippen LogP contribution in [-0.4, -0.2) is 18.1 Å². The molecule has 4 heteroatoms. The van der Waals surface area contributed by atoms with E-state index in [1.54, 1.807) is 6.07 Å². The second-order valence-corrected chi connectivity index (χ2v) is 2.62. The highest BCUT2D eigenvalue weighted by Crippen LogP contribution is 2.25. The number of Topliss-reactive ketones (excluding diaryl/α,β-unsaturated/α-hetero) is 1. The molecule has 2 nitrogen and oxygen atoms in total. The van der Waals surface area contributed by atoms with Crippen molar-refractivity contribution in [3.05, 3.63) is 0 Å². The number of nitrogens with zero attached hydrogens (tertiary/aromatic N) is 1. The van der Waals surface area contributed by atoms with Crippen molar-refractivity contribution in [3.63, 3.8) is 0 Å². The molecule has 1 fully saturated rings. The number of halogens is 2. The molecule has 0 radical (unpaired) electrons. The van der Waals surface area contributed by atoms with Gasteiger partial charge in [0.25, 0.3) is 0 Å². The summed E-state index contributed by atoms with van der Waals surface area (Å²) in [7, 11) is 0. The summed E-state index contributed by atoms with van der Waals surface area (Å²) in [6.45, 7) is 0. The summed E-state index contributed by atoms with van der Waals surface area (Å²) >= 11 is 0.